The van der Waals surface area contributed by atoms with Crippen LogP contribution in [0.15, 0.2) is 0 Å². The first-order valence-corrected chi connectivity index (χ1v) is 12.2. The van der Waals surface area contributed by atoms with Crippen LogP contribution in [-0.2, 0) is 48.3 Å². The average Bonchev–Trinajstić information content (AvgIpc) is 2.75. The van der Waals surface area contributed by atoms with E-state index in [-0.39, 0.29) is 6.61 Å². The molecule has 0 heterocycles. The predicted molar refractivity (Wildman–Crippen MR) is 118 cm³/mol. The molecule has 0 atom stereocenters. The molecule has 0 aromatic carbocycles. The maximum atomic E-state index is 8.74. The minimum absolute atomic E-state index is 0.0349. The van der Waals surface area contributed by atoms with Crippen LogP contribution >= 0.6 is 0 Å². The zero-order chi connectivity index (χ0) is 24.9. The molecule has 0 aliphatic heterocycles. The molecular formula is C19H42O13S. The van der Waals surface area contributed by atoms with E-state index in [0.717, 1.165) is 13.0 Å². The van der Waals surface area contributed by atoms with E-state index >= 15 is 0 Å². The van der Waals surface area contributed by atoms with Crippen molar-refractivity contribution in [3.8, 4) is 0 Å². The third-order valence-corrected chi connectivity index (χ3v) is 3.19. The van der Waals surface area contributed by atoms with E-state index in [1.165, 1.54) is 0 Å². The normalized spacial score (nSPS) is 11.4. The van der Waals surface area contributed by atoms with Gasteiger partial charge >= 0.3 is 10.4 Å². The number of hydrogen-bond acceptors (Lipinski definition) is 11. The second-order valence-electron chi connectivity index (χ2n) is 6.07. The molecule has 0 saturated carbocycles. The molecule has 0 aliphatic rings. The molecule has 0 rings (SSSR count). The fourth-order valence-electron chi connectivity index (χ4n) is 1.85. The van der Waals surface area contributed by atoms with Crippen LogP contribution in [0.3, 0.4) is 0 Å². The van der Waals surface area contributed by atoms with Crippen molar-refractivity contribution in [2.45, 2.75) is 13.3 Å². The lowest BCUT2D eigenvalue weighted by Gasteiger charge is -2.08. The van der Waals surface area contributed by atoms with Crippen molar-refractivity contribution in [1.82, 2.24) is 0 Å². The molecule has 3 N–H and O–H groups in total. The van der Waals surface area contributed by atoms with Gasteiger partial charge < -0.3 is 43.0 Å². The smallest absolute Gasteiger partial charge is 0.394 e. The third kappa shape index (κ3) is 45.7. The van der Waals surface area contributed by atoms with Gasteiger partial charge in [-0.15, -0.1) is 0 Å². The van der Waals surface area contributed by atoms with Crippen LogP contribution in [0.2, 0.25) is 0 Å². The summed E-state index contributed by atoms with van der Waals surface area (Å²) in [7, 11) is -4.67. The Kier molecular flexibility index (Phi) is 31.0. The Morgan fingerprint density at radius 3 is 0.818 bits per heavy atom. The van der Waals surface area contributed by atoms with E-state index in [9.17, 15) is 0 Å². The highest BCUT2D eigenvalue weighted by molar-refractivity contribution is 7.79. The van der Waals surface area contributed by atoms with Crippen LogP contribution in [0.25, 0.3) is 0 Å². The van der Waals surface area contributed by atoms with Crippen molar-refractivity contribution in [1.29, 1.82) is 0 Å². The Morgan fingerprint density at radius 1 is 0.455 bits per heavy atom. The van der Waals surface area contributed by atoms with Gasteiger partial charge in [-0.2, -0.15) is 8.42 Å². The molecule has 0 fully saturated rings. The summed E-state index contributed by atoms with van der Waals surface area (Å²) in [5, 5.41) is 8.53. The zero-order valence-electron chi connectivity index (χ0n) is 19.6. The highest BCUT2D eigenvalue weighted by Gasteiger charge is 1.95. The lowest BCUT2D eigenvalue weighted by atomic mass is 10.5. The molecule has 202 valence electrons. The maximum Gasteiger partial charge on any atom is 0.394 e. The van der Waals surface area contributed by atoms with E-state index in [1.807, 2.05) is 0 Å². The Bertz CT molecular complexity index is 417. The predicted octanol–water partition coefficient (Wildman–Crippen LogP) is -0.131. The topological polar surface area (TPSA) is 169 Å². The summed E-state index contributed by atoms with van der Waals surface area (Å²) in [6.07, 6.45) is 1.03. The Balaban J connectivity index is 0. The SMILES string of the molecule is CCCOCCOCCOCCOCCOCCOCCOCCOCCO.O=S(=O)(O)O. The summed E-state index contributed by atoms with van der Waals surface area (Å²) in [6, 6.07) is 0. The largest absolute Gasteiger partial charge is 0.394 e. The molecule has 13 nitrogen and oxygen atoms in total. The molecule has 0 aromatic heterocycles. The molecule has 0 aliphatic carbocycles. The van der Waals surface area contributed by atoms with Crippen LogP contribution in [0.4, 0.5) is 0 Å². The van der Waals surface area contributed by atoms with Gasteiger partial charge in [0.1, 0.15) is 0 Å². The van der Waals surface area contributed by atoms with Crippen LogP contribution < -0.4 is 0 Å². The summed E-state index contributed by atoms with van der Waals surface area (Å²) < 4.78 is 74.2. The number of aliphatic hydroxyl groups is 1. The molecule has 14 heteroatoms. The first-order chi connectivity index (χ1) is 15.9. The van der Waals surface area contributed by atoms with Gasteiger partial charge in [-0.3, -0.25) is 9.11 Å². The fraction of sp³-hybridized carbons (Fsp3) is 1.00. The summed E-state index contributed by atoms with van der Waals surface area (Å²) in [4.78, 5) is 0. The molecule has 0 bridgehead atoms. The molecule has 0 spiro atoms. The molecule has 0 saturated heterocycles. The number of rotatable bonds is 25. The summed E-state index contributed by atoms with van der Waals surface area (Å²) in [5.41, 5.74) is 0. The molecule has 0 aromatic rings. The summed E-state index contributed by atoms with van der Waals surface area (Å²) in [6.45, 7) is 10.8. The number of aliphatic hydroxyl groups excluding tert-OH is 1. The van der Waals surface area contributed by atoms with Gasteiger partial charge in [0.25, 0.3) is 0 Å². The highest BCUT2D eigenvalue weighted by atomic mass is 32.3. The second-order valence-corrected chi connectivity index (χ2v) is 6.97. The van der Waals surface area contributed by atoms with Crippen molar-refractivity contribution in [3.63, 3.8) is 0 Å². The minimum atomic E-state index is -4.67. The van der Waals surface area contributed by atoms with Gasteiger partial charge in [0.15, 0.2) is 0 Å². The van der Waals surface area contributed by atoms with Crippen LogP contribution in [0.5, 0.6) is 0 Å². The van der Waals surface area contributed by atoms with Crippen molar-refractivity contribution in [2.24, 2.45) is 0 Å². The van der Waals surface area contributed by atoms with Crippen molar-refractivity contribution in [3.05, 3.63) is 0 Å². The molecule has 33 heavy (non-hydrogen) atoms. The fourth-order valence-corrected chi connectivity index (χ4v) is 1.85. The van der Waals surface area contributed by atoms with E-state index in [1.54, 1.807) is 0 Å². The van der Waals surface area contributed by atoms with Crippen molar-refractivity contribution < 1.29 is 60.5 Å². The van der Waals surface area contributed by atoms with Gasteiger partial charge in [-0.05, 0) is 6.42 Å². The summed E-state index contributed by atoms with van der Waals surface area (Å²) >= 11 is 0. The zero-order valence-corrected chi connectivity index (χ0v) is 20.4. The molecule has 0 amide bonds. The molecule has 0 unspecified atom stereocenters. The van der Waals surface area contributed by atoms with Crippen LogP contribution in [0.1, 0.15) is 13.3 Å². The average molecular weight is 511 g/mol. The van der Waals surface area contributed by atoms with E-state index in [2.05, 4.69) is 6.92 Å². The van der Waals surface area contributed by atoms with E-state index in [4.69, 9.17) is 60.5 Å². The summed E-state index contributed by atoms with van der Waals surface area (Å²) in [5.74, 6) is 0. The minimum Gasteiger partial charge on any atom is -0.394 e. The van der Waals surface area contributed by atoms with Crippen LogP contribution in [-0.4, -0.2) is 135 Å². The van der Waals surface area contributed by atoms with Gasteiger partial charge in [0.2, 0.25) is 0 Å². The van der Waals surface area contributed by atoms with E-state index in [0.29, 0.717) is 99.1 Å². The quantitative estimate of drug-likeness (QED) is 0.110. The van der Waals surface area contributed by atoms with Gasteiger partial charge in [-0.25, -0.2) is 0 Å². The Morgan fingerprint density at radius 2 is 0.636 bits per heavy atom. The number of hydrogen-bond donors (Lipinski definition) is 3. The van der Waals surface area contributed by atoms with Crippen molar-refractivity contribution in [2.75, 3.05) is 112 Å². The van der Waals surface area contributed by atoms with E-state index < -0.39 is 10.4 Å². The Labute approximate surface area is 197 Å². The van der Waals surface area contributed by atoms with Crippen LogP contribution in [0, 0.1) is 0 Å². The first-order valence-electron chi connectivity index (χ1n) is 10.8. The highest BCUT2D eigenvalue weighted by Crippen LogP contribution is 1.86. The third-order valence-electron chi connectivity index (χ3n) is 3.19. The maximum absolute atomic E-state index is 8.74. The van der Waals surface area contributed by atoms with Gasteiger partial charge in [-0.1, -0.05) is 6.92 Å². The first kappa shape index (κ1) is 34.7. The van der Waals surface area contributed by atoms with Gasteiger partial charge in [0.05, 0.1) is 106 Å². The molecular weight excluding hydrogens is 468 g/mol. The van der Waals surface area contributed by atoms with Gasteiger partial charge in [0, 0.05) is 6.61 Å². The second kappa shape index (κ2) is 29.5. The monoisotopic (exact) mass is 510 g/mol. The number of ether oxygens (including phenoxy) is 8. The van der Waals surface area contributed by atoms with Crippen molar-refractivity contribution >= 4 is 10.4 Å². The standard InChI is InChI=1S/C19H40O9.H2O4S/c1-2-4-21-6-8-23-10-12-25-14-16-27-18-19-28-17-15-26-13-11-24-9-7-22-5-3-20;1-5(2,3)4/h20H,2-19H2,1H3;(H2,1,2,3,4). The lowest BCUT2D eigenvalue weighted by molar-refractivity contribution is -0.0238. The lowest BCUT2D eigenvalue weighted by Crippen LogP contribution is -2.15. The Hall–Kier alpha value is -0.490. The molecule has 0 radical (unpaired) electrons.